The number of hydrogen-bond donors (Lipinski definition) is 0. The molecule has 0 aliphatic rings. The van der Waals surface area contributed by atoms with Crippen molar-refractivity contribution in [2.24, 2.45) is 7.05 Å². The summed E-state index contributed by atoms with van der Waals surface area (Å²) < 4.78 is 41.2. The van der Waals surface area contributed by atoms with E-state index >= 15 is 0 Å². The summed E-state index contributed by atoms with van der Waals surface area (Å²) in [6.45, 7) is 0. The number of pyridine rings is 1. The molecule has 1 aromatic heterocycles. The lowest BCUT2D eigenvalue weighted by atomic mass is 10.1. The largest absolute Gasteiger partial charge is 0.673 e. The fraction of sp³-hybridized carbons (Fsp3) is 0.154. The second-order valence-electron chi connectivity index (χ2n) is 3.96. The number of halogens is 4. The van der Waals surface area contributed by atoms with Gasteiger partial charge in [-0.25, -0.2) is 4.57 Å². The lowest BCUT2D eigenvalue weighted by Gasteiger charge is -1.99. The van der Waals surface area contributed by atoms with Gasteiger partial charge in [0.1, 0.15) is 7.05 Å². The Morgan fingerprint density at radius 3 is 1.95 bits per heavy atom. The van der Waals surface area contributed by atoms with Crippen molar-refractivity contribution >= 4 is 7.25 Å². The Morgan fingerprint density at radius 2 is 1.42 bits per heavy atom. The van der Waals surface area contributed by atoms with Crippen molar-refractivity contribution in [3.63, 3.8) is 0 Å². The molecule has 2 rings (SSSR count). The Balaban J connectivity index is 0.000000312. The Kier molecular flexibility index (Phi) is 5.54. The molecule has 0 amide bonds. The molecule has 6 heteroatoms. The lowest BCUT2D eigenvalue weighted by molar-refractivity contribution is -0.678. The molecule has 0 fully saturated rings. The van der Waals surface area contributed by atoms with Crippen molar-refractivity contribution in [2.75, 3.05) is 0 Å². The minimum Gasteiger partial charge on any atom is -0.418 e. The van der Waals surface area contributed by atoms with Crippen LogP contribution in [0.2, 0.25) is 0 Å². The summed E-state index contributed by atoms with van der Waals surface area (Å²) in [5.41, 5.74) is 2.69. The minimum atomic E-state index is -6.00. The first kappa shape index (κ1) is 15.2. The van der Waals surface area contributed by atoms with Crippen molar-refractivity contribution in [2.45, 2.75) is 6.42 Å². The molecule has 1 nitrogen and oxygen atoms in total. The zero-order valence-corrected chi connectivity index (χ0v) is 10.4. The van der Waals surface area contributed by atoms with Gasteiger partial charge in [0.25, 0.3) is 0 Å². The Labute approximate surface area is 109 Å². The quantitative estimate of drug-likeness (QED) is 0.447. The summed E-state index contributed by atoms with van der Waals surface area (Å²) in [4.78, 5) is 0. The van der Waals surface area contributed by atoms with Crippen molar-refractivity contribution in [3.8, 4) is 0 Å². The standard InChI is InChI=1S/C13H14N.BF4/c1-14-10-6-5-9-13(14)11-12-7-3-2-4-8-12;2-1(3,4)5/h2-10H,11H2,1H3;/q+1;-1. The second-order valence-corrected chi connectivity index (χ2v) is 3.96. The minimum absolute atomic E-state index is 0.998. The third-order valence-electron chi connectivity index (χ3n) is 2.39. The monoisotopic (exact) mass is 271 g/mol. The molecule has 1 aromatic carbocycles. The summed E-state index contributed by atoms with van der Waals surface area (Å²) in [5.74, 6) is 0. The third-order valence-corrected chi connectivity index (χ3v) is 2.39. The number of hydrogen-bond acceptors (Lipinski definition) is 0. The van der Waals surface area contributed by atoms with Crippen LogP contribution in [0.4, 0.5) is 17.3 Å². The second kappa shape index (κ2) is 6.92. The number of benzene rings is 1. The maximum atomic E-state index is 9.75. The van der Waals surface area contributed by atoms with E-state index in [9.17, 15) is 17.3 Å². The molecule has 102 valence electrons. The molecule has 0 bridgehead atoms. The van der Waals surface area contributed by atoms with Crippen LogP contribution in [0.3, 0.4) is 0 Å². The molecule has 0 radical (unpaired) electrons. The molecule has 0 saturated carbocycles. The number of rotatable bonds is 2. The van der Waals surface area contributed by atoms with E-state index in [1.54, 1.807) is 0 Å². The average molecular weight is 271 g/mol. The fourth-order valence-corrected chi connectivity index (χ4v) is 1.55. The van der Waals surface area contributed by atoms with Gasteiger partial charge >= 0.3 is 7.25 Å². The van der Waals surface area contributed by atoms with E-state index in [0.717, 1.165) is 6.42 Å². The van der Waals surface area contributed by atoms with Crippen molar-refractivity contribution < 1.29 is 21.8 Å². The predicted molar refractivity (Wildman–Crippen MR) is 67.1 cm³/mol. The smallest absolute Gasteiger partial charge is 0.418 e. The van der Waals surface area contributed by atoms with Gasteiger partial charge in [-0.05, 0) is 5.56 Å². The first-order valence-electron chi connectivity index (χ1n) is 5.71. The zero-order chi connectivity index (χ0) is 14.3. The van der Waals surface area contributed by atoms with Crippen LogP contribution in [0.5, 0.6) is 0 Å². The molecular weight excluding hydrogens is 257 g/mol. The van der Waals surface area contributed by atoms with Gasteiger partial charge in [-0.1, -0.05) is 36.4 Å². The summed E-state index contributed by atoms with van der Waals surface area (Å²) in [6.07, 6.45) is 3.08. The Hall–Kier alpha value is -1.85. The van der Waals surface area contributed by atoms with E-state index in [4.69, 9.17) is 0 Å². The maximum Gasteiger partial charge on any atom is 0.673 e. The van der Waals surface area contributed by atoms with Gasteiger partial charge in [-0.15, -0.1) is 0 Å². The average Bonchev–Trinajstić information content (AvgIpc) is 2.31. The third kappa shape index (κ3) is 7.23. The van der Waals surface area contributed by atoms with Crippen LogP contribution >= 0.6 is 0 Å². The Morgan fingerprint density at radius 1 is 0.895 bits per heavy atom. The van der Waals surface area contributed by atoms with Crippen LogP contribution in [0.1, 0.15) is 11.3 Å². The predicted octanol–water partition coefficient (Wildman–Crippen LogP) is 3.40. The molecule has 0 aliphatic carbocycles. The van der Waals surface area contributed by atoms with Gasteiger partial charge in [-0.3, -0.25) is 0 Å². The molecular formula is C13H14BF4N. The summed E-state index contributed by atoms with van der Waals surface area (Å²) >= 11 is 0. The van der Waals surface area contributed by atoms with Crippen LogP contribution in [-0.4, -0.2) is 7.25 Å². The van der Waals surface area contributed by atoms with E-state index in [0.29, 0.717) is 0 Å². The lowest BCUT2D eigenvalue weighted by Crippen LogP contribution is -2.32. The highest BCUT2D eigenvalue weighted by molar-refractivity contribution is 6.50. The van der Waals surface area contributed by atoms with Gasteiger partial charge in [0.05, 0.1) is 6.42 Å². The normalized spacial score (nSPS) is 10.6. The van der Waals surface area contributed by atoms with E-state index in [1.807, 2.05) is 0 Å². The molecule has 0 spiro atoms. The fourth-order valence-electron chi connectivity index (χ4n) is 1.55. The maximum absolute atomic E-state index is 9.75. The summed E-state index contributed by atoms with van der Waals surface area (Å²) in [6, 6.07) is 16.8. The van der Waals surface area contributed by atoms with Crippen molar-refractivity contribution in [3.05, 3.63) is 66.0 Å². The van der Waals surface area contributed by atoms with Crippen LogP contribution < -0.4 is 4.57 Å². The van der Waals surface area contributed by atoms with E-state index in [2.05, 4.69) is 66.3 Å². The molecule has 0 aliphatic heterocycles. The van der Waals surface area contributed by atoms with Crippen LogP contribution in [0, 0.1) is 0 Å². The first-order chi connectivity index (χ1) is 8.86. The molecule has 0 N–H and O–H groups in total. The molecule has 2 aromatic rings. The van der Waals surface area contributed by atoms with Gasteiger partial charge in [0.15, 0.2) is 11.9 Å². The highest BCUT2D eigenvalue weighted by Gasteiger charge is 2.20. The van der Waals surface area contributed by atoms with Crippen LogP contribution in [0.15, 0.2) is 54.7 Å². The molecule has 0 unspecified atom stereocenters. The number of aryl methyl sites for hydroxylation is 1. The molecule has 1 heterocycles. The van der Waals surface area contributed by atoms with E-state index in [-0.39, 0.29) is 0 Å². The molecule has 19 heavy (non-hydrogen) atoms. The Bertz CT molecular complexity index is 493. The summed E-state index contributed by atoms with van der Waals surface area (Å²) in [7, 11) is -3.92. The topological polar surface area (TPSA) is 3.88 Å². The van der Waals surface area contributed by atoms with Crippen molar-refractivity contribution in [1.82, 2.24) is 0 Å². The van der Waals surface area contributed by atoms with Crippen molar-refractivity contribution in [1.29, 1.82) is 0 Å². The zero-order valence-electron chi connectivity index (χ0n) is 10.4. The molecule has 0 atom stereocenters. The summed E-state index contributed by atoms with van der Waals surface area (Å²) in [5, 5.41) is 0. The van der Waals surface area contributed by atoms with Gasteiger partial charge < -0.3 is 17.3 Å². The van der Waals surface area contributed by atoms with E-state index in [1.165, 1.54) is 11.3 Å². The SMILES string of the molecule is C[n+]1ccccc1Cc1ccccc1.F[B-](F)(F)F. The van der Waals surface area contributed by atoms with E-state index < -0.39 is 7.25 Å². The molecule has 0 saturated heterocycles. The first-order valence-corrected chi connectivity index (χ1v) is 5.71. The highest BCUT2D eigenvalue weighted by atomic mass is 19.5. The van der Waals surface area contributed by atoms with Gasteiger partial charge in [-0.2, -0.15) is 0 Å². The van der Waals surface area contributed by atoms with Crippen LogP contribution in [-0.2, 0) is 13.5 Å². The highest BCUT2D eigenvalue weighted by Crippen LogP contribution is 2.06. The van der Waals surface area contributed by atoms with Gasteiger partial charge in [0.2, 0.25) is 0 Å². The van der Waals surface area contributed by atoms with Gasteiger partial charge in [0, 0.05) is 12.1 Å². The number of nitrogens with zero attached hydrogens (tertiary/aromatic N) is 1. The number of aromatic nitrogens is 1. The van der Waals surface area contributed by atoms with Crippen LogP contribution in [0.25, 0.3) is 0 Å².